The van der Waals surface area contributed by atoms with E-state index in [1.54, 1.807) is 14.2 Å². The van der Waals surface area contributed by atoms with Crippen LogP contribution in [0.5, 0.6) is 23.0 Å². The molecule has 0 unspecified atom stereocenters. The van der Waals surface area contributed by atoms with Crippen molar-refractivity contribution < 1.29 is 18.9 Å². The van der Waals surface area contributed by atoms with Crippen LogP contribution in [0.4, 0.5) is 0 Å². The highest BCUT2D eigenvalue weighted by molar-refractivity contribution is 14.0. The fraction of sp³-hybridized carbons (Fsp3) is 0.381. The predicted octanol–water partition coefficient (Wildman–Crippen LogP) is 3.22. The van der Waals surface area contributed by atoms with Crippen molar-refractivity contribution in [1.29, 1.82) is 0 Å². The summed E-state index contributed by atoms with van der Waals surface area (Å²) in [7, 11) is 3.42. The summed E-state index contributed by atoms with van der Waals surface area (Å²) in [6, 6.07) is 13.6. The summed E-state index contributed by atoms with van der Waals surface area (Å²) in [5, 5.41) is 6.62. The molecular formula is C21H28IN3O4. The molecule has 1 heterocycles. The summed E-state index contributed by atoms with van der Waals surface area (Å²) < 4.78 is 21.6. The van der Waals surface area contributed by atoms with E-state index < -0.39 is 0 Å². The number of hydrogen-bond donors (Lipinski definition) is 2. The largest absolute Gasteiger partial charge is 0.497 e. The normalized spacial score (nSPS) is 12.1. The van der Waals surface area contributed by atoms with Gasteiger partial charge in [-0.15, -0.1) is 24.0 Å². The standard InChI is InChI=1S/C21H27N3O4.HI/c1-22-21(23-11-3-13-26-18-7-5-17(25-2)6-8-18)24-12-10-16-4-9-19-20(14-16)28-15-27-19;/h4-9,14H,3,10-13,15H2,1-2H3,(H2,22,23,24);1H. The average Bonchev–Trinajstić information content (AvgIpc) is 3.20. The molecule has 0 saturated heterocycles. The molecular weight excluding hydrogens is 485 g/mol. The van der Waals surface area contributed by atoms with Crippen LogP contribution in [0.15, 0.2) is 47.5 Å². The van der Waals surface area contributed by atoms with Crippen LogP contribution in [0.2, 0.25) is 0 Å². The van der Waals surface area contributed by atoms with Crippen molar-refractivity contribution in [2.24, 2.45) is 4.99 Å². The van der Waals surface area contributed by atoms with Crippen LogP contribution in [0.25, 0.3) is 0 Å². The molecule has 0 fully saturated rings. The lowest BCUT2D eigenvalue weighted by atomic mass is 10.1. The SMILES string of the molecule is CN=C(NCCCOc1ccc(OC)cc1)NCCc1ccc2c(c1)OCO2.I. The van der Waals surface area contributed by atoms with E-state index in [0.29, 0.717) is 13.4 Å². The smallest absolute Gasteiger partial charge is 0.231 e. The van der Waals surface area contributed by atoms with Gasteiger partial charge in [-0.05, 0) is 54.8 Å². The number of fused-ring (bicyclic) bond motifs is 1. The topological polar surface area (TPSA) is 73.3 Å². The summed E-state index contributed by atoms with van der Waals surface area (Å²) in [4.78, 5) is 4.25. The maximum atomic E-state index is 5.72. The number of guanidine groups is 1. The lowest BCUT2D eigenvalue weighted by Gasteiger charge is -2.12. The molecule has 0 aromatic heterocycles. The minimum absolute atomic E-state index is 0. The Kier molecular flexibility index (Phi) is 9.69. The maximum Gasteiger partial charge on any atom is 0.231 e. The van der Waals surface area contributed by atoms with Crippen molar-refractivity contribution >= 4 is 29.9 Å². The Bertz CT molecular complexity index is 784. The fourth-order valence-corrected chi connectivity index (χ4v) is 2.78. The number of benzene rings is 2. The second-order valence-corrected chi connectivity index (χ2v) is 6.24. The zero-order valence-corrected chi connectivity index (χ0v) is 19.1. The number of aliphatic imine (C=N–C) groups is 1. The molecule has 0 saturated carbocycles. The van der Waals surface area contributed by atoms with Crippen LogP contribution >= 0.6 is 24.0 Å². The third-order valence-corrected chi connectivity index (χ3v) is 4.31. The van der Waals surface area contributed by atoms with Gasteiger partial charge in [-0.25, -0.2) is 0 Å². The van der Waals surface area contributed by atoms with Crippen molar-refractivity contribution in [1.82, 2.24) is 10.6 Å². The van der Waals surface area contributed by atoms with Crippen molar-refractivity contribution in [2.45, 2.75) is 12.8 Å². The van der Waals surface area contributed by atoms with Gasteiger partial charge < -0.3 is 29.6 Å². The highest BCUT2D eigenvalue weighted by Crippen LogP contribution is 2.32. The summed E-state index contributed by atoms with van der Waals surface area (Å²) in [6.45, 7) is 2.49. The van der Waals surface area contributed by atoms with Gasteiger partial charge in [-0.3, -0.25) is 4.99 Å². The van der Waals surface area contributed by atoms with E-state index in [4.69, 9.17) is 18.9 Å². The number of hydrogen-bond acceptors (Lipinski definition) is 5. The first-order valence-corrected chi connectivity index (χ1v) is 9.38. The number of halogens is 1. The number of rotatable bonds is 9. The molecule has 3 rings (SSSR count). The Balaban J connectivity index is 0.00000300. The van der Waals surface area contributed by atoms with E-state index in [9.17, 15) is 0 Å². The highest BCUT2D eigenvalue weighted by Gasteiger charge is 2.12. The zero-order chi connectivity index (χ0) is 19.6. The van der Waals surface area contributed by atoms with Crippen LogP contribution in [0, 0.1) is 0 Å². The van der Waals surface area contributed by atoms with Gasteiger partial charge in [-0.1, -0.05) is 6.07 Å². The molecule has 2 aromatic carbocycles. The Morgan fingerprint density at radius 1 is 1.00 bits per heavy atom. The number of ether oxygens (including phenoxy) is 4. The first kappa shape index (κ1) is 22.9. The Hall–Kier alpha value is -2.36. The molecule has 0 spiro atoms. The zero-order valence-electron chi connectivity index (χ0n) is 16.8. The first-order chi connectivity index (χ1) is 13.8. The summed E-state index contributed by atoms with van der Waals surface area (Å²) >= 11 is 0. The predicted molar refractivity (Wildman–Crippen MR) is 124 cm³/mol. The molecule has 0 bridgehead atoms. The van der Waals surface area contributed by atoms with Gasteiger partial charge in [0.1, 0.15) is 11.5 Å². The van der Waals surface area contributed by atoms with E-state index in [1.165, 1.54) is 5.56 Å². The molecule has 0 aliphatic carbocycles. The Morgan fingerprint density at radius 2 is 1.72 bits per heavy atom. The Labute approximate surface area is 188 Å². The van der Waals surface area contributed by atoms with Gasteiger partial charge in [0, 0.05) is 20.1 Å². The molecule has 29 heavy (non-hydrogen) atoms. The van der Waals surface area contributed by atoms with Crippen molar-refractivity contribution in [3.8, 4) is 23.0 Å². The monoisotopic (exact) mass is 513 g/mol. The van der Waals surface area contributed by atoms with Crippen LogP contribution < -0.4 is 29.6 Å². The highest BCUT2D eigenvalue weighted by atomic mass is 127. The lowest BCUT2D eigenvalue weighted by Crippen LogP contribution is -2.39. The maximum absolute atomic E-state index is 5.72. The van der Waals surface area contributed by atoms with E-state index >= 15 is 0 Å². The van der Waals surface area contributed by atoms with Crippen LogP contribution in [-0.4, -0.2) is 46.6 Å². The van der Waals surface area contributed by atoms with Gasteiger partial charge >= 0.3 is 0 Å². The molecule has 7 nitrogen and oxygen atoms in total. The fourth-order valence-electron chi connectivity index (χ4n) is 2.78. The van der Waals surface area contributed by atoms with Crippen molar-refractivity contribution in [3.05, 3.63) is 48.0 Å². The van der Waals surface area contributed by atoms with Gasteiger partial charge in [-0.2, -0.15) is 0 Å². The van der Waals surface area contributed by atoms with Crippen LogP contribution in [0.3, 0.4) is 0 Å². The van der Waals surface area contributed by atoms with Crippen molar-refractivity contribution in [2.75, 3.05) is 40.6 Å². The second kappa shape index (κ2) is 12.3. The minimum Gasteiger partial charge on any atom is -0.497 e. The minimum atomic E-state index is 0. The Morgan fingerprint density at radius 3 is 2.48 bits per heavy atom. The van der Waals surface area contributed by atoms with Gasteiger partial charge in [0.05, 0.1) is 13.7 Å². The molecule has 2 aromatic rings. The quantitative estimate of drug-likeness (QED) is 0.232. The van der Waals surface area contributed by atoms with E-state index in [0.717, 1.165) is 54.9 Å². The molecule has 0 atom stereocenters. The number of methoxy groups -OCH3 is 1. The van der Waals surface area contributed by atoms with E-state index in [-0.39, 0.29) is 24.0 Å². The number of nitrogens with zero attached hydrogens (tertiary/aromatic N) is 1. The van der Waals surface area contributed by atoms with Gasteiger partial charge in [0.25, 0.3) is 0 Å². The van der Waals surface area contributed by atoms with Crippen LogP contribution in [-0.2, 0) is 6.42 Å². The molecule has 158 valence electrons. The lowest BCUT2D eigenvalue weighted by molar-refractivity contribution is 0.174. The molecule has 0 amide bonds. The molecule has 8 heteroatoms. The third kappa shape index (κ3) is 7.19. The molecule has 1 aliphatic heterocycles. The summed E-state index contributed by atoms with van der Waals surface area (Å²) in [6.07, 6.45) is 1.74. The summed E-state index contributed by atoms with van der Waals surface area (Å²) in [5.41, 5.74) is 1.19. The van der Waals surface area contributed by atoms with E-state index in [2.05, 4.69) is 21.7 Å². The van der Waals surface area contributed by atoms with Gasteiger partial charge in [0.2, 0.25) is 6.79 Å². The average molecular weight is 513 g/mol. The van der Waals surface area contributed by atoms with Crippen LogP contribution in [0.1, 0.15) is 12.0 Å². The first-order valence-electron chi connectivity index (χ1n) is 9.38. The van der Waals surface area contributed by atoms with Gasteiger partial charge in [0.15, 0.2) is 17.5 Å². The molecule has 1 aliphatic rings. The molecule has 0 radical (unpaired) electrons. The summed E-state index contributed by atoms with van der Waals surface area (Å²) in [5.74, 6) is 4.07. The van der Waals surface area contributed by atoms with E-state index in [1.807, 2.05) is 36.4 Å². The van der Waals surface area contributed by atoms with Crippen molar-refractivity contribution in [3.63, 3.8) is 0 Å². The third-order valence-electron chi connectivity index (χ3n) is 4.31. The number of nitrogens with one attached hydrogen (secondary N) is 2. The second-order valence-electron chi connectivity index (χ2n) is 6.24. The molecule has 2 N–H and O–H groups in total.